The normalized spacial score (nSPS) is 14.7. The summed E-state index contributed by atoms with van der Waals surface area (Å²) in [5, 5.41) is 22.2. The van der Waals surface area contributed by atoms with Crippen molar-refractivity contribution < 1.29 is 50.7 Å². The molecule has 18 heteroatoms. The first kappa shape index (κ1) is 47.9. The fraction of sp³-hybridized carbons (Fsp3) is 0.439. The summed E-state index contributed by atoms with van der Waals surface area (Å²) in [7, 11) is -2.36. The van der Waals surface area contributed by atoms with Gasteiger partial charge in [0.05, 0.1) is 24.0 Å². The molecule has 1 aliphatic carbocycles. The average Bonchev–Trinajstić information content (AvgIpc) is 4.02. The lowest BCUT2D eigenvalue weighted by atomic mass is 10.0. The number of benzene rings is 3. The van der Waals surface area contributed by atoms with Crippen molar-refractivity contribution in [3.8, 4) is 0 Å². The van der Waals surface area contributed by atoms with Crippen LogP contribution >= 0.6 is 0 Å². The molecule has 4 atom stereocenters. The number of carbonyl (C=O) groups is 5. The van der Waals surface area contributed by atoms with Crippen LogP contribution in [0.2, 0.25) is 0 Å². The SMILES string of the molecule is CCNC(=O)[C@@H](NC(=O)[C@@H](NC[C@H](Cc1ccccc1)NC(=O)c1cc(C(=O)N[C@H](C)c2ccccc2)cc(N(C)S(C)(=O)=O)c1)C1CC1)C(C)C.O=C(O)C(F)(F)F. The van der Waals surface area contributed by atoms with E-state index in [-0.39, 0.29) is 53.1 Å². The predicted molar refractivity (Wildman–Crippen MR) is 217 cm³/mol. The minimum atomic E-state index is -5.08. The van der Waals surface area contributed by atoms with Crippen LogP contribution in [0, 0.1) is 11.8 Å². The Kier molecular flexibility index (Phi) is 17.4. The Morgan fingerprint density at radius 2 is 1.36 bits per heavy atom. The van der Waals surface area contributed by atoms with Crippen molar-refractivity contribution in [1.29, 1.82) is 0 Å². The summed E-state index contributed by atoms with van der Waals surface area (Å²) in [5.74, 6) is -4.27. The van der Waals surface area contributed by atoms with E-state index < -0.39 is 52.1 Å². The highest BCUT2D eigenvalue weighted by atomic mass is 32.2. The Morgan fingerprint density at radius 1 is 0.831 bits per heavy atom. The molecule has 0 aromatic heterocycles. The highest BCUT2D eigenvalue weighted by Gasteiger charge is 2.39. The van der Waals surface area contributed by atoms with Crippen molar-refractivity contribution in [3.05, 3.63) is 101 Å². The lowest BCUT2D eigenvalue weighted by Crippen LogP contribution is -2.57. The molecule has 1 saturated carbocycles. The zero-order valence-corrected chi connectivity index (χ0v) is 34.6. The van der Waals surface area contributed by atoms with Gasteiger partial charge in [-0.25, -0.2) is 13.2 Å². The third kappa shape index (κ3) is 15.3. The monoisotopic (exact) mass is 846 g/mol. The first-order chi connectivity index (χ1) is 27.6. The number of carboxylic acid groups (broad SMARTS) is 1. The number of hydrogen-bond acceptors (Lipinski definition) is 8. The number of carboxylic acids is 1. The Bertz CT molecular complexity index is 2020. The number of aliphatic carboxylic acids is 1. The summed E-state index contributed by atoms with van der Waals surface area (Å²) >= 11 is 0. The molecule has 6 N–H and O–H groups in total. The van der Waals surface area contributed by atoms with E-state index in [1.165, 1.54) is 25.2 Å². The number of rotatable bonds is 18. The van der Waals surface area contributed by atoms with Crippen LogP contribution in [0.25, 0.3) is 0 Å². The van der Waals surface area contributed by atoms with Gasteiger partial charge in [-0.1, -0.05) is 74.5 Å². The largest absolute Gasteiger partial charge is 0.490 e. The van der Waals surface area contributed by atoms with Crippen LogP contribution in [-0.2, 0) is 30.8 Å². The van der Waals surface area contributed by atoms with E-state index in [1.54, 1.807) is 0 Å². The number of halogens is 3. The molecule has 0 heterocycles. The maximum atomic E-state index is 14.0. The van der Waals surface area contributed by atoms with Gasteiger partial charge in [0, 0.05) is 37.3 Å². The summed E-state index contributed by atoms with van der Waals surface area (Å²) in [4.78, 5) is 62.7. The molecule has 3 aromatic carbocycles. The van der Waals surface area contributed by atoms with Crippen LogP contribution in [0.15, 0.2) is 78.9 Å². The maximum Gasteiger partial charge on any atom is 0.490 e. The molecule has 0 radical (unpaired) electrons. The van der Waals surface area contributed by atoms with Gasteiger partial charge in [0.1, 0.15) is 6.04 Å². The van der Waals surface area contributed by atoms with Crippen molar-refractivity contribution in [1.82, 2.24) is 26.6 Å². The molecule has 3 aromatic rings. The summed E-state index contributed by atoms with van der Waals surface area (Å²) in [6.07, 6.45) is -1.88. The number of alkyl halides is 3. The highest BCUT2D eigenvalue weighted by molar-refractivity contribution is 7.92. The van der Waals surface area contributed by atoms with Crippen molar-refractivity contribution in [3.63, 3.8) is 0 Å². The topological polar surface area (TPSA) is 203 Å². The highest BCUT2D eigenvalue weighted by Crippen LogP contribution is 2.33. The standard InChI is InChI=1S/C39H52N6O6S.C2HF3O2/c1-7-40-38(48)34(25(2)3)44-39(49)35(29-18-19-29)41-24-32(20-27-14-10-8-11-15-27)43-37(47)31-21-30(22-33(23-31)45(5)52(6,50)51)36(46)42-26(4)28-16-12-9-13-17-28;3-2(4,5)1(6)7/h8-17,21-23,25-26,29,32,34-35,41H,7,18-20,24H2,1-6H3,(H,40,48)(H,42,46)(H,43,47)(H,44,49);(H,6,7)/t26-,32+,34+,35+;/m1./s1. The van der Waals surface area contributed by atoms with Crippen LogP contribution in [0.3, 0.4) is 0 Å². The lowest BCUT2D eigenvalue weighted by molar-refractivity contribution is -0.192. The van der Waals surface area contributed by atoms with Crippen molar-refractivity contribution >= 4 is 45.3 Å². The molecule has 4 rings (SSSR count). The van der Waals surface area contributed by atoms with Gasteiger partial charge in [-0.3, -0.25) is 23.5 Å². The Balaban J connectivity index is 0.00000122. The number of anilines is 1. The van der Waals surface area contributed by atoms with Gasteiger partial charge in [0.2, 0.25) is 21.8 Å². The molecule has 0 spiro atoms. The fourth-order valence-corrected chi connectivity index (χ4v) is 6.42. The minimum absolute atomic E-state index is 0.0951. The van der Waals surface area contributed by atoms with Crippen molar-refractivity contribution in [2.75, 3.05) is 30.7 Å². The molecule has 0 saturated heterocycles. The first-order valence-electron chi connectivity index (χ1n) is 19.0. The lowest BCUT2D eigenvalue weighted by Gasteiger charge is -2.27. The molecule has 1 aliphatic rings. The third-order valence-corrected chi connectivity index (χ3v) is 10.6. The summed E-state index contributed by atoms with van der Waals surface area (Å²) in [6.45, 7) is 8.12. The van der Waals surface area contributed by atoms with E-state index in [2.05, 4.69) is 26.6 Å². The van der Waals surface area contributed by atoms with Gasteiger partial charge in [-0.05, 0) is 74.3 Å². The predicted octanol–water partition coefficient (Wildman–Crippen LogP) is 4.19. The summed E-state index contributed by atoms with van der Waals surface area (Å²) in [6, 6.07) is 21.2. The van der Waals surface area contributed by atoms with Crippen molar-refractivity contribution in [2.24, 2.45) is 11.8 Å². The number of nitrogens with zero attached hydrogens (tertiary/aromatic N) is 1. The third-order valence-electron chi connectivity index (χ3n) is 9.41. The van der Waals surface area contributed by atoms with E-state index in [0.29, 0.717) is 13.0 Å². The zero-order chi connectivity index (χ0) is 44.1. The van der Waals surface area contributed by atoms with Crippen LogP contribution in [-0.4, -0.2) is 93.8 Å². The van der Waals surface area contributed by atoms with Crippen LogP contribution < -0.4 is 30.9 Å². The fourth-order valence-electron chi connectivity index (χ4n) is 5.93. The van der Waals surface area contributed by atoms with E-state index >= 15 is 0 Å². The summed E-state index contributed by atoms with van der Waals surface area (Å²) in [5.41, 5.74) is 2.22. The number of nitrogens with one attached hydrogen (secondary N) is 5. The summed E-state index contributed by atoms with van der Waals surface area (Å²) < 4.78 is 57.8. The van der Waals surface area contributed by atoms with Crippen LogP contribution in [0.5, 0.6) is 0 Å². The van der Waals surface area contributed by atoms with Gasteiger partial charge in [-0.15, -0.1) is 0 Å². The smallest absolute Gasteiger partial charge is 0.475 e. The molecule has 14 nitrogen and oxygen atoms in total. The molecule has 0 bridgehead atoms. The molecule has 59 heavy (non-hydrogen) atoms. The zero-order valence-electron chi connectivity index (χ0n) is 33.8. The van der Waals surface area contributed by atoms with Crippen LogP contribution in [0.4, 0.5) is 18.9 Å². The molecule has 322 valence electrons. The van der Waals surface area contributed by atoms with E-state index in [1.807, 2.05) is 88.4 Å². The van der Waals surface area contributed by atoms with Gasteiger partial charge in [-0.2, -0.15) is 13.2 Å². The van der Waals surface area contributed by atoms with E-state index in [4.69, 9.17) is 9.90 Å². The number of sulfonamides is 1. The molecular formula is C41H53F3N6O8S. The van der Waals surface area contributed by atoms with Crippen LogP contribution in [0.1, 0.15) is 78.4 Å². The maximum absolute atomic E-state index is 14.0. The average molecular weight is 847 g/mol. The van der Waals surface area contributed by atoms with Gasteiger partial charge < -0.3 is 31.7 Å². The Labute approximate surface area is 342 Å². The number of hydrogen-bond donors (Lipinski definition) is 6. The number of likely N-dealkylation sites (N-methyl/N-ethyl adjacent to an activating group) is 1. The number of amides is 4. The second-order valence-corrected chi connectivity index (χ2v) is 16.6. The number of carbonyl (C=O) groups excluding carboxylic acids is 4. The Morgan fingerprint density at radius 3 is 1.83 bits per heavy atom. The second-order valence-electron chi connectivity index (χ2n) is 14.6. The first-order valence-corrected chi connectivity index (χ1v) is 20.9. The molecule has 4 amide bonds. The Hall–Kier alpha value is -5.49. The minimum Gasteiger partial charge on any atom is -0.475 e. The molecular weight excluding hydrogens is 794 g/mol. The quantitative estimate of drug-likeness (QED) is 0.109. The molecule has 0 aliphatic heterocycles. The van der Waals surface area contributed by atoms with E-state index in [9.17, 15) is 40.8 Å². The molecule has 1 fully saturated rings. The second kappa shape index (κ2) is 21.5. The van der Waals surface area contributed by atoms with Gasteiger partial charge in [0.15, 0.2) is 0 Å². The van der Waals surface area contributed by atoms with Gasteiger partial charge >= 0.3 is 12.1 Å². The van der Waals surface area contributed by atoms with Gasteiger partial charge in [0.25, 0.3) is 11.8 Å². The van der Waals surface area contributed by atoms with E-state index in [0.717, 1.165) is 34.5 Å². The van der Waals surface area contributed by atoms with Crippen molar-refractivity contribution in [2.45, 2.75) is 77.3 Å². The molecule has 0 unspecified atom stereocenters.